The zero-order chi connectivity index (χ0) is 14.9. The first-order valence-corrected chi connectivity index (χ1v) is 8.48. The maximum absolute atomic E-state index is 12.2. The van der Waals surface area contributed by atoms with Crippen molar-refractivity contribution >= 4 is 48.7 Å². The van der Waals surface area contributed by atoms with E-state index in [-0.39, 0.29) is 15.6 Å². The van der Waals surface area contributed by atoms with Crippen LogP contribution in [0, 0.1) is 17.0 Å². The molecule has 1 aromatic heterocycles. The normalized spacial score (nSPS) is 11.3. The monoisotopic (exact) mass is 376 g/mol. The number of benzene rings is 1. The minimum atomic E-state index is -3.77. The van der Waals surface area contributed by atoms with Crippen LogP contribution in [0.15, 0.2) is 38.3 Å². The van der Waals surface area contributed by atoms with Crippen LogP contribution < -0.4 is 4.72 Å². The number of nitro groups is 1. The van der Waals surface area contributed by atoms with Gasteiger partial charge in [0, 0.05) is 16.6 Å². The van der Waals surface area contributed by atoms with Crippen LogP contribution in [-0.2, 0) is 10.0 Å². The number of sulfonamides is 1. The summed E-state index contributed by atoms with van der Waals surface area (Å²) in [5.41, 5.74) is 0.630. The second-order valence-electron chi connectivity index (χ2n) is 3.92. The van der Waals surface area contributed by atoms with Crippen LogP contribution >= 0.6 is 27.3 Å². The van der Waals surface area contributed by atoms with Gasteiger partial charge in [-0.15, -0.1) is 11.3 Å². The first kappa shape index (κ1) is 14.9. The van der Waals surface area contributed by atoms with Crippen molar-refractivity contribution in [2.24, 2.45) is 0 Å². The number of thiophene rings is 1. The van der Waals surface area contributed by atoms with Gasteiger partial charge in [0.05, 0.1) is 10.6 Å². The SMILES string of the molecule is Cc1ccc([N+](=O)[O-])cc1NS(=O)(=O)c1sccc1Br. The number of non-ortho nitro benzene ring substituents is 1. The number of nitro benzene ring substituents is 1. The number of rotatable bonds is 4. The summed E-state index contributed by atoms with van der Waals surface area (Å²) < 4.78 is 27.4. The Morgan fingerprint density at radius 2 is 2.05 bits per heavy atom. The van der Waals surface area contributed by atoms with Gasteiger partial charge < -0.3 is 0 Å². The van der Waals surface area contributed by atoms with Crippen LogP contribution in [0.2, 0.25) is 0 Å². The van der Waals surface area contributed by atoms with Crippen LogP contribution in [0.3, 0.4) is 0 Å². The fourth-order valence-electron chi connectivity index (χ4n) is 1.50. The number of nitrogens with zero attached hydrogens (tertiary/aromatic N) is 1. The summed E-state index contributed by atoms with van der Waals surface area (Å²) in [5, 5.41) is 12.4. The lowest BCUT2D eigenvalue weighted by molar-refractivity contribution is -0.384. The molecule has 0 spiro atoms. The van der Waals surface area contributed by atoms with Gasteiger partial charge >= 0.3 is 0 Å². The smallest absolute Gasteiger partial charge is 0.272 e. The number of halogens is 1. The van der Waals surface area contributed by atoms with Gasteiger partial charge in [-0.1, -0.05) is 6.07 Å². The topological polar surface area (TPSA) is 89.3 Å². The molecule has 106 valence electrons. The van der Waals surface area contributed by atoms with E-state index in [9.17, 15) is 18.5 Å². The highest BCUT2D eigenvalue weighted by Crippen LogP contribution is 2.31. The van der Waals surface area contributed by atoms with Crippen molar-refractivity contribution in [3.05, 3.63) is 49.8 Å². The Hall–Kier alpha value is -1.45. The number of hydrogen-bond acceptors (Lipinski definition) is 5. The van der Waals surface area contributed by atoms with Gasteiger partial charge in [0.2, 0.25) is 0 Å². The van der Waals surface area contributed by atoms with Gasteiger partial charge in [-0.3, -0.25) is 14.8 Å². The first-order chi connectivity index (χ1) is 9.31. The minimum Gasteiger partial charge on any atom is -0.278 e. The van der Waals surface area contributed by atoms with Crippen molar-refractivity contribution in [1.29, 1.82) is 0 Å². The summed E-state index contributed by atoms with van der Waals surface area (Å²) in [5.74, 6) is 0. The number of anilines is 1. The van der Waals surface area contributed by atoms with Crippen molar-refractivity contribution in [3.63, 3.8) is 0 Å². The van der Waals surface area contributed by atoms with Crippen molar-refractivity contribution in [2.75, 3.05) is 4.72 Å². The lowest BCUT2D eigenvalue weighted by Crippen LogP contribution is -2.13. The third-order valence-corrected chi connectivity index (χ3v) is 6.54. The lowest BCUT2D eigenvalue weighted by Gasteiger charge is -2.09. The Morgan fingerprint density at radius 3 is 2.60 bits per heavy atom. The summed E-state index contributed by atoms with van der Waals surface area (Å²) in [6.07, 6.45) is 0. The van der Waals surface area contributed by atoms with Crippen molar-refractivity contribution < 1.29 is 13.3 Å². The van der Waals surface area contributed by atoms with E-state index in [2.05, 4.69) is 20.7 Å². The Kier molecular flexibility index (Phi) is 4.11. The summed E-state index contributed by atoms with van der Waals surface area (Å²) in [4.78, 5) is 10.2. The van der Waals surface area contributed by atoms with Crippen molar-refractivity contribution in [1.82, 2.24) is 0 Å². The van der Waals surface area contributed by atoms with E-state index >= 15 is 0 Å². The molecule has 0 bridgehead atoms. The maximum Gasteiger partial charge on any atom is 0.272 e. The Balaban J connectivity index is 2.42. The predicted molar refractivity (Wildman–Crippen MR) is 80.7 cm³/mol. The van der Waals surface area contributed by atoms with Crippen molar-refractivity contribution in [3.8, 4) is 0 Å². The van der Waals surface area contributed by atoms with Crippen LogP contribution in [-0.4, -0.2) is 13.3 Å². The maximum atomic E-state index is 12.2. The van der Waals surface area contributed by atoms with E-state index in [0.717, 1.165) is 11.3 Å². The van der Waals surface area contributed by atoms with E-state index < -0.39 is 14.9 Å². The molecular formula is C11H9BrN2O4S2. The standard InChI is InChI=1S/C11H9BrN2O4S2/c1-7-2-3-8(14(15)16)6-10(7)13-20(17,18)11-9(12)4-5-19-11/h2-6,13H,1H3. The van der Waals surface area contributed by atoms with Crippen molar-refractivity contribution in [2.45, 2.75) is 11.1 Å². The zero-order valence-corrected chi connectivity index (χ0v) is 13.4. The third kappa shape index (κ3) is 3.00. The molecule has 0 saturated heterocycles. The summed E-state index contributed by atoms with van der Waals surface area (Å²) in [6, 6.07) is 5.65. The molecule has 0 aliphatic carbocycles. The van der Waals surface area contributed by atoms with Crippen LogP contribution in [0.25, 0.3) is 0 Å². The first-order valence-electron chi connectivity index (χ1n) is 5.32. The fraction of sp³-hybridized carbons (Fsp3) is 0.0909. The molecule has 0 aliphatic rings. The molecule has 20 heavy (non-hydrogen) atoms. The predicted octanol–water partition coefficient (Wildman–Crippen LogP) is 3.53. The fourth-order valence-corrected chi connectivity index (χ4v) is 4.96. The molecule has 2 aromatic rings. The van der Waals surface area contributed by atoms with Gasteiger partial charge in [0.25, 0.3) is 15.7 Å². The van der Waals surface area contributed by atoms with Gasteiger partial charge in [-0.2, -0.15) is 0 Å². The number of hydrogen-bond donors (Lipinski definition) is 1. The molecule has 2 rings (SSSR count). The Labute approximate surface area is 127 Å². The molecule has 9 heteroatoms. The minimum absolute atomic E-state index is 0.128. The molecular weight excluding hydrogens is 368 g/mol. The molecule has 0 radical (unpaired) electrons. The molecule has 6 nitrogen and oxygen atoms in total. The average Bonchev–Trinajstić information content (AvgIpc) is 2.78. The van der Waals surface area contributed by atoms with E-state index in [0.29, 0.717) is 10.0 Å². The van der Waals surface area contributed by atoms with E-state index in [1.165, 1.54) is 18.2 Å². The Bertz CT molecular complexity index is 770. The molecule has 0 saturated carbocycles. The van der Waals surface area contributed by atoms with Gasteiger partial charge in [0.15, 0.2) is 4.21 Å². The van der Waals surface area contributed by atoms with E-state index in [4.69, 9.17) is 0 Å². The van der Waals surface area contributed by atoms with E-state index in [1.807, 2.05) is 0 Å². The zero-order valence-electron chi connectivity index (χ0n) is 10.2. The second kappa shape index (κ2) is 5.51. The lowest BCUT2D eigenvalue weighted by atomic mass is 10.2. The summed E-state index contributed by atoms with van der Waals surface area (Å²) in [6.45, 7) is 1.67. The Morgan fingerprint density at radius 1 is 1.35 bits per heavy atom. The molecule has 0 atom stereocenters. The average molecular weight is 377 g/mol. The van der Waals surface area contributed by atoms with Gasteiger partial charge in [-0.05, 0) is 39.9 Å². The second-order valence-corrected chi connectivity index (χ2v) is 7.57. The van der Waals surface area contributed by atoms with Crippen LogP contribution in [0.1, 0.15) is 5.56 Å². The highest BCUT2D eigenvalue weighted by Gasteiger charge is 2.21. The van der Waals surface area contributed by atoms with Crippen LogP contribution in [0.4, 0.5) is 11.4 Å². The highest BCUT2D eigenvalue weighted by atomic mass is 79.9. The van der Waals surface area contributed by atoms with E-state index in [1.54, 1.807) is 18.4 Å². The van der Waals surface area contributed by atoms with Gasteiger partial charge in [0.1, 0.15) is 0 Å². The largest absolute Gasteiger partial charge is 0.278 e. The van der Waals surface area contributed by atoms with Gasteiger partial charge in [-0.25, -0.2) is 8.42 Å². The molecule has 0 amide bonds. The molecule has 1 N–H and O–H groups in total. The molecule has 0 unspecified atom stereocenters. The molecule has 0 fully saturated rings. The third-order valence-electron chi connectivity index (χ3n) is 2.50. The number of nitrogens with one attached hydrogen (secondary N) is 1. The summed E-state index contributed by atoms with van der Waals surface area (Å²) in [7, 11) is -3.77. The highest BCUT2D eigenvalue weighted by molar-refractivity contribution is 9.10. The molecule has 1 heterocycles. The molecule has 0 aliphatic heterocycles. The quantitative estimate of drug-likeness (QED) is 0.652. The summed E-state index contributed by atoms with van der Waals surface area (Å²) >= 11 is 4.22. The van der Waals surface area contributed by atoms with Crippen LogP contribution in [0.5, 0.6) is 0 Å². The molecule has 1 aromatic carbocycles. The number of aryl methyl sites for hydroxylation is 1.